The number of nitrogens with one attached hydrogen (secondary N) is 2. The van der Waals surface area contributed by atoms with Crippen molar-refractivity contribution in [2.45, 2.75) is 84.0 Å². The number of fused-ring (bicyclic) bond motifs is 2. The highest BCUT2D eigenvalue weighted by Gasteiger charge is 2.15. The number of benzene rings is 2. The van der Waals surface area contributed by atoms with Crippen molar-refractivity contribution in [1.29, 1.82) is 0 Å². The van der Waals surface area contributed by atoms with E-state index >= 15 is 0 Å². The van der Waals surface area contributed by atoms with Crippen LogP contribution in [0.1, 0.15) is 84.0 Å². The van der Waals surface area contributed by atoms with Crippen LogP contribution < -0.4 is 20.1 Å². The minimum Gasteiger partial charge on any atom is -0.383 e. The quantitative estimate of drug-likeness (QED) is 0.0410. The second kappa shape index (κ2) is 18.8. The van der Waals surface area contributed by atoms with Crippen molar-refractivity contribution in [3.05, 3.63) is 71.0 Å². The lowest BCUT2D eigenvalue weighted by Crippen LogP contribution is -2.35. The maximum absolute atomic E-state index is 10.3. The summed E-state index contributed by atoms with van der Waals surface area (Å²) in [6.45, 7) is 6.67. The van der Waals surface area contributed by atoms with Gasteiger partial charge in [-0.3, -0.25) is 15.3 Å². The van der Waals surface area contributed by atoms with E-state index in [-0.39, 0.29) is 0 Å². The van der Waals surface area contributed by atoms with Crippen molar-refractivity contribution >= 4 is 56.4 Å². The molecule has 0 radical (unpaired) electrons. The van der Waals surface area contributed by atoms with Crippen LogP contribution in [0.5, 0.6) is 0 Å². The fraction of sp³-hybridized carbons (Fsp3) is 0.500. The topological polar surface area (TPSA) is 75.5 Å². The third-order valence-electron chi connectivity index (χ3n) is 8.57. The molecule has 0 aliphatic heterocycles. The molecule has 7 nitrogen and oxygen atoms in total. The highest BCUT2D eigenvalue weighted by atomic mass is 35.5. The van der Waals surface area contributed by atoms with Gasteiger partial charge < -0.3 is 10.6 Å². The van der Waals surface area contributed by atoms with Gasteiger partial charge in [-0.1, -0.05) is 101 Å². The van der Waals surface area contributed by atoms with Gasteiger partial charge in [0, 0.05) is 70.0 Å². The molecule has 244 valence electrons. The average molecular weight is 657 g/mol. The van der Waals surface area contributed by atoms with Crippen molar-refractivity contribution in [1.82, 2.24) is 4.90 Å². The summed E-state index contributed by atoms with van der Waals surface area (Å²) in [7, 11) is 0. The molecule has 45 heavy (non-hydrogen) atoms. The number of aromatic nitrogens is 2. The molecule has 2 aromatic carbocycles. The van der Waals surface area contributed by atoms with Crippen molar-refractivity contribution in [3.63, 3.8) is 0 Å². The first-order chi connectivity index (χ1) is 22.0. The van der Waals surface area contributed by atoms with Gasteiger partial charge in [0.1, 0.15) is 0 Å². The predicted molar refractivity (Wildman–Crippen MR) is 187 cm³/mol. The molecule has 2 aromatic heterocycles. The zero-order valence-corrected chi connectivity index (χ0v) is 28.3. The van der Waals surface area contributed by atoms with E-state index < -0.39 is 0 Å². The second-order valence-electron chi connectivity index (χ2n) is 12.1. The standard InChI is InChI=1S/C36H49Cl2N5O2/c1-2-3-4-5-6-7-8-9-10-11-12-13-22-41(25-20-39-33-18-23-42(44)35-27-29(37)14-16-31(33)35)26-21-40-34-19-24-43(45)36-28-30(38)15-17-32(34)36/h14-19,23-24,27-28,44-45H,2-13,20-22,25-26H2,1H3/p+2. The Morgan fingerprint density at radius 1 is 0.578 bits per heavy atom. The van der Waals surface area contributed by atoms with Crippen LogP contribution in [0.2, 0.25) is 10.0 Å². The molecule has 0 spiro atoms. The molecule has 4 aromatic rings. The number of hydrogen-bond donors (Lipinski definition) is 4. The minimum absolute atomic E-state index is 0.589. The molecule has 0 aliphatic rings. The Bertz CT molecular complexity index is 1390. The SMILES string of the molecule is CCCCCCCCCCCCCCN(CCNc1cc[n+](O)c2cc(Cl)ccc12)CCNc1cc[n+](O)c2cc(Cl)ccc12. The number of hydrogen-bond acceptors (Lipinski definition) is 5. The number of pyridine rings is 2. The summed E-state index contributed by atoms with van der Waals surface area (Å²) in [5.74, 6) is 0. The summed E-state index contributed by atoms with van der Waals surface area (Å²) in [5.41, 5.74) is 3.29. The Balaban J connectivity index is 1.27. The van der Waals surface area contributed by atoms with E-state index in [4.69, 9.17) is 23.2 Å². The van der Waals surface area contributed by atoms with Gasteiger partial charge in [0.25, 0.3) is 11.0 Å². The lowest BCUT2D eigenvalue weighted by atomic mass is 10.1. The molecule has 0 saturated heterocycles. The molecule has 0 saturated carbocycles. The minimum atomic E-state index is 0.589. The van der Waals surface area contributed by atoms with Crippen LogP contribution in [0.25, 0.3) is 21.8 Å². The molecule has 0 amide bonds. The van der Waals surface area contributed by atoms with Crippen LogP contribution in [-0.4, -0.2) is 48.0 Å². The summed E-state index contributed by atoms with van der Waals surface area (Å²) in [5, 5.41) is 30.7. The first-order valence-corrected chi connectivity index (χ1v) is 17.6. The molecule has 0 unspecified atom stereocenters. The van der Waals surface area contributed by atoms with Crippen molar-refractivity contribution < 1.29 is 19.9 Å². The predicted octanol–water partition coefficient (Wildman–Crippen LogP) is 8.88. The largest absolute Gasteiger partial charge is 0.383 e. The Labute approximate surface area is 278 Å². The summed E-state index contributed by atoms with van der Waals surface area (Å²) in [6, 6.07) is 14.9. The average Bonchev–Trinajstić information content (AvgIpc) is 3.03. The van der Waals surface area contributed by atoms with Gasteiger partial charge in [-0.15, -0.1) is 0 Å². The summed E-state index contributed by atoms with van der Waals surface area (Å²) < 4.78 is 2.22. The summed E-state index contributed by atoms with van der Waals surface area (Å²) in [6.07, 6.45) is 19.4. The first-order valence-electron chi connectivity index (χ1n) is 16.8. The van der Waals surface area contributed by atoms with Gasteiger partial charge in [0.05, 0.1) is 22.1 Å². The molecule has 2 heterocycles. The van der Waals surface area contributed by atoms with Gasteiger partial charge in [-0.25, -0.2) is 0 Å². The van der Waals surface area contributed by atoms with E-state index in [2.05, 4.69) is 22.5 Å². The highest BCUT2D eigenvalue weighted by Crippen LogP contribution is 2.24. The lowest BCUT2D eigenvalue weighted by Gasteiger charge is -2.23. The van der Waals surface area contributed by atoms with Gasteiger partial charge in [0.15, 0.2) is 0 Å². The van der Waals surface area contributed by atoms with Gasteiger partial charge >= 0.3 is 0 Å². The van der Waals surface area contributed by atoms with E-state index in [1.165, 1.54) is 77.0 Å². The van der Waals surface area contributed by atoms with Crippen LogP contribution in [0.15, 0.2) is 60.9 Å². The maximum atomic E-state index is 10.3. The summed E-state index contributed by atoms with van der Waals surface area (Å²) >= 11 is 12.4. The van der Waals surface area contributed by atoms with E-state index in [0.29, 0.717) is 21.1 Å². The number of halogens is 2. The number of unbranched alkanes of at least 4 members (excludes halogenated alkanes) is 11. The van der Waals surface area contributed by atoms with Gasteiger partial charge in [-0.2, -0.15) is 0 Å². The zero-order valence-electron chi connectivity index (χ0n) is 26.8. The Morgan fingerprint density at radius 3 is 1.44 bits per heavy atom. The van der Waals surface area contributed by atoms with Gasteiger partial charge in [0.2, 0.25) is 12.4 Å². The Kier molecular flexibility index (Phi) is 14.6. The zero-order chi connectivity index (χ0) is 31.9. The Hall–Kier alpha value is -3.00. The Morgan fingerprint density at radius 2 is 1.00 bits per heavy atom. The lowest BCUT2D eigenvalue weighted by molar-refractivity contribution is -0.884. The molecular formula is C36H51Cl2N5O2+2. The van der Waals surface area contributed by atoms with Crippen LogP contribution in [0.4, 0.5) is 11.4 Å². The third kappa shape index (κ3) is 11.1. The van der Waals surface area contributed by atoms with E-state index in [1.54, 1.807) is 24.5 Å². The molecule has 0 bridgehead atoms. The van der Waals surface area contributed by atoms with E-state index in [9.17, 15) is 10.4 Å². The van der Waals surface area contributed by atoms with Crippen molar-refractivity contribution in [2.24, 2.45) is 0 Å². The normalized spacial score (nSPS) is 11.6. The fourth-order valence-electron chi connectivity index (χ4n) is 5.99. The molecule has 0 fully saturated rings. The molecule has 4 N–H and O–H groups in total. The fourth-order valence-corrected chi connectivity index (χ4v) is 6.32. The molecular weight excluding hydrogens is 605 g/mol. The number of nitrogens with zero attached hydrogens (tertiary/aromatic N) is 3. The molecule has 0 atom stereocenters. The smallest absolute Gasteiger partial charge is 0.268 e. The van der Waals surface area contributed by atoms with Crippen LogP contribution >= 0.6 is 23.2 Å². The summed E-state index contributed by atoms with van der Waals surface area (Å²) in [4.78, 5) is 2.51. The molecule has 0 aliphatic carbocycles. The highest BCUT2D eigenvalue weighted by molar-refractivity contribution is 6.31. The molecule has 9 heteroatoms. The van der Waals surface area contributed by atoms with Crippen molar-refractivity contribution in [2.75, 3.05) is 43.4 Å². The monoisotopic (exact) mass is 655 g/mol. The van der Waals surface area contributed by atoms with Crippen LogP contribution in [-0.2, 0) is 0 Å². The first kappa shape index (κ1) is 34.9. The number of anilines is 2. The third-order valence-corrected chi connectivity index (χ3v) is 9.04. The number of rotatable bonds is 21. The molecule has 4 rings (SSSR count). The van der Waals surface area contributed by atoms with Crippen molar-refractivity contribution in [3.8, 4) is 0 Å². The van der Waals surface area contributed by atoms with Crippen LogP contribution in [0.3, 0.4) is 0 Å². The second-order valence-corrected chi connectivity index (χ2v) is 12.9. The maximum Gasteiger partial charge on any atom is 0.268 e. The van der Waals surface area contributed by atoms with E-state index in [1.807, 2.05) is 36.4 Å². The van der Waals surface area contributed by atoms with Gasteiger partial charge in [-0.05, 0) is 37.2 Å². The van der Waals surface area contributed by atoms with Crippen LogP contribution in [0, 0.1) is 0 Å². The van der Waals surface area contributed by atoms with E-state index in [0.717, 1.165) is 64.3 Å².